The van der Waals surface area contributed by atoms with Crippen LogP contribution in [0.3, 0.4) is 0 Å². The Morgan fingerprint density at radius 2 is 1.57 bits per heavy atom. The molecule has 0 aliphatic heterocycles. The van der Waals surface area contributed by atoms with E-state index in [4.69, 9.17) is 26.8 Å². The predicted octanol–water partition coefficient (Wildman–Crippen LogP) is 4.18. The summed E-state index contributed by atoms with van der Waals surface area (Å²) >= 11 is 6.22. The Balaban J connectivity index is 1.83. The number of nitrogens with zero attached hydrogens (tertiary/aromatic N) is 2. The first-order chi connectivity index (χ1) is 14.4. The summed E-state index contributed by atoms with van der Waals surface area (Å²) < 4.78 is 10.6. The molecule has 3 aromatic rings. The summed E-state index contributed by atoms with van der Waals surface area (Å²) in [5.74, 6) is 1.65. The molecule has 1 aromatic heterocycles. The second-order valence-electron chi connectivity index (χ2n) is 6.18. The molecule has 0 saturated carbocycles. The molecule has 0 fully saturated rings. The molecule has 0 aliphatic carbocycles. The standard InChI is InChI=1S/C20H21ClN6O3/c1-11(28)25-12-4-6-13(7-5-12)26-19-18(22)20(24-10-23-19)27-15-8-14(21)16(29-2)9-17(15)30-3/h4-10H,22H2,1-3H3,(H,25,28)(H2,23,24,26,27). The number of aromatic nitrogens is 2. The number of carbonyl (C=O) groups excluding carboxylic acids is 1. The molecule has 0 radical (unpaired) electrons. The van der Waals surface area contributed by atoms with Gasteiger partial charge in [-0.15, -0.1) is 0 Å². The second-order valence-corrected chi connectivity index (χ2v) is 6.59. The van der Waals surface area contributed by atoms with E-state index in [1.807, 2.05) is 0 Å². The number of anilines is 6. The van der Waals surface area contributed by atoms with Crippen molar-refractivity contribution in [1.29, 1.82) is 0 Å². The van der Waals surface area contributed by atoms with Crippen LogP contribution in [0.25, 0.3) is 0 Å². The van der Waals surface area contributed by atoms with Crippen molar-refractivity contribution in [2.45, 2.75) is 6.92 Å². The number of amides is 1. The number of hydrogen-bond donors (Lipinski definition) is 4. The molecular formula is C20H21ClN6O3. The highest BCUT2D eigenvalue weighted by Gasteiger charge is 2.14. The zero-order valence-corrected chi connectivity index (χ0v) is 17.4. The quantitative estimate of drug-likeness (QED) is 0.442. The van der Waals surface area contributed by atoms with Crippen molar-refractivity contribution in [2.24, 2.45) is 0 Å². The van der Waals surface area contributed by atoms with Gasteiger partial charge >= 0.3 is 0 Å². The van der Waals surface area contributed by atoms with E-state index in [1.54, 1.807) is 36.4 Å². The topological polar surface area (TPSA) is 123 Å². The number of halogens is 1. The Hall–Kier alpha value is -3.72. The van der Waals surface area contributed by atoms with E-state index in [0.29, 0.717) is 45.2 Å². The van der Waals surface area contributed by atoms with Gasteiger partial charge in [0, 0.05) is 24.4 Å². The fourth-order valence-corrected chi connectivity index (χ4v) is 2.90. The molecular weight excluding hydrogens is 408 g/mol. The monoisotopic (exact) mass is 428 g/mol. The molecule has 2 aromatic carbocycles. The predicted molar refractivity (Wildman–Crippen MR) is 118 cm³/mol. The largest absolute Gasteiger partial charge is 0.495 e. The van der Waals surface area contributed by atoms with Gasteiger partial charge in [-0.25, -0.2) is 9.97 Å². The number of methoxy groups -OCH3 is 2. The Bertz CT molecular complexity index is 1060. The van der Waals surface area contributed by atoms with Crippen LogP contribution in [0.5, 0.6) is 11.5 Å². The van der Waals surface area contributed by atoms with Gasteiger partial charge in [-0.2, -0.15) is 0 Å². The Morgan fingerprint density at radius 1 is 0.967 bits per heavy atom. The summed E-state index contributed by atoms with van der Waals surface area (Å²) in [6.07, 6.45) is 1.38. The number of hydrogen-bond acceptors (Lipinski definition) is 8. The molecule has 0 unspecified atom stereocenters. The molecule has 5 N–H and O–H groups in total. The van der Waals surface area contributed by atoms with Crippen LogP contribution in [0, 0.1) is 0 Å². The van der Waals surface area contributed by atoms with Gasteiger partial charge in [-0.1, -0.05) is 11.6 Å². The molecule has 0 bridgehead atoms. The van der Waals surface area contributed by atoms with Crippen molar-refractivity contribution in [2.75, 3.05) is 35.9 Å². The number of nitrogens with two attached hydrogens (primary N) is 1. The SMILES string of the molecule is COc1cc(OC)c(Nc2ncnc(Nc3ccc(NC(C)=O)cc3)c2N)cc1Cl. The molecule has 1 amide bonds. The van der Waals surface area contributed by atoms with E-state index in [2.05, 4.69) is 25.9 Å². The maximum Gasteiger partial charge on any atom is 0.221 e. The van der Waals surface area contributed by atoms with Gasteiger partial charge in [0.1, 0.15) is 23.5 Å². The summed E-state index contributed by atoms with van der Waals surface area (Å²) in [7, 11) is 3.06. The van der Waals surface area contributed by atoms with Crippen molar-refractivity contribution >= 4 is 51.9 Å². The van der Waals surface area contributed by atoms with Crippen LogP contribution in [-0.2, 0) is 4.79 Å². The van der Waals surface area contributed by atoms with Crippen LogP contribution >= 0.6 is 11.6 Å². The lowest BCUT2D eigenvalue weighted by molar-refractivity contribution is -0.114. The van der Waals surface area contributed by atoms with Crippen molar-refractivity contribution in [1.82, 2.24) is 9.97 Å². The van der Waals surface area contributed by atoms with Crippen LogP contribution in [0.2, 0.25) is 5.02 Å². The Morgan fingerprint density at radius 3 is 2.17 bits per heavy atom. The maximum absolute atomic E-state index is 11.1. The van der Waals surface area contributed by atoms with Gasteiger partial charge in [0.2, 0.25) is 5.91 Å². The van der Waals surface area contributed by atoms with E-state index < -0.39 is 0 Å². The smallest absolute Gasteiger partial charge is 0.221 e. The van der Waals surface area contributed by atoms with E-state index in [-0.39, 0.29) is 5.91 Å². The highest BCUT2D eigenvalue weighted by molar-refractivity contribution is 6.32. The Kier molecular flexibility index (Phi) is 6.43. The average molecular weight is 429 g/mol. The number of ether oxygens (including phenoxy) is 2. The molecule has 0 saturated heterocycles. The van der Waals surface area contributed by atoms with Crippen molar-refractivity contribution in [3.05, 3.63) is 47.7 Å². The minimum absolute atomic E-state index is 0.138. The summed E-state index contributed by atoms with van der Waals surface area (Å²) in [6.45, 7) is 1.45. The van der Waals surface area contributed by atoms with E-state index in [9.17, 15) is 4.79 Å². The first-order valence-corrected chi connectivity index (χ1v) is 9.22. The number of carbonyl (C=O) groups is 1. The number of rotatable bonds is 7. The highest BCUT2D eigenvalue weighted by Crippen LogP contribution is 2.38. The zero-order valence-electron chi connectivity index (χ0n) is 16.6. The first kappa shape index (κ1) is 21.0. The van der Waals surface area contributed by atoms with Crippen LogP contribution in [-0.4, -0.2) is 30.1 Å². The second kappa shape index (κ2) is 9.19. The maximum atomic E-state index is 11.1. The van der Waals surface area contributed by atoms with Crippen molar-refractivity contribution in [3.8, 4) is 11.5 Å². The van der Waals surface area contributed by atoms with Crippen LogP contribution in [0.15, 0.2) is 42.7 Å². The number of nitrogen functional groups attached to an aromatic ring is 1. The summed E-state index contributed by atoms with van der Waals surface area (Å²) in [6, 6.07) is 10.5. The van der Waals surface area contributed by atoms with Gasteiger partial charge in [0.15, 0.2) is 11.6 Å². The summed E-state index contributed by atoms with van der Waals surface area (Å²) in [5.41, 5.74) is 8.56. The molecule has 0 spiro atoms. The molecule has 3 rings (SSSR count). The third-order valence-corrected chi connectivity index (χ3v) is 4.37. The average Bonchev–Trinajstić information content (AvgIpc) is 2.72. The number of benzene rings is 2. The van der Waals surface area contributed by atoms with Gasteiger partial charge < -0.3 is 31.2 Å². The zero-order chi connectivity index (χ0) is 21.7. The van der Waals surface area contributed by atoms with Crippen LogP contribution in [0.1, 0.15) is 6.92 Å². The third-order valence-electron chi connectivity index (χ3n) is 4.08. The molecule has 156 valence electrons. The minimum atomic E-state index is -0.138. The summed E-state index contributed by atoms with van der Waals surface area (Å²) in [5, 5.41) is 9.36. The fourth-order valence-electron chi connectivity index (χ4n) is 2.66. The minimum Gasteiger partial charge on any atom is -0.495 e. The number of nitrogens with one attached hydrogen (secondary N) is 3. The van der Waals surface area contributed by atoms with Gasteiger partial charge in [0.25, 0.3) is 0 Å². The van der Waals surface area contributed by atoms with E-state index >= 15 is 0 Å². The van der Waals surface area contributed by atoms with E-state index in [0.717, 1.165) is 5.69 Å². The van der Waals surface area contributed by atoms with Crippen LogP contribution < -0.4 is 31.2 Å². The van der Waals surface area contributed by atoms with Gasteiger partial charge in [0.05, 0.1) is 24.9 Å². The van der Waals surface area contributed by atoms with Gasteiger partial charge in [-0.3, -0.25) is 4.79 Å². The van der Waals surface area contributed by atoms with E-state index in [1.165, 1.54) is 27.5 Å². The molecule has 1 heterocycles. The normalized spacial score (nSPS) is 10.3. The fraction of sp³-hybridized carbons (Fsp3) is 0.150. The molecule has 0 atom stereocenters. The lowest BCUT2D eigenvalue weighted by Crippen LogP contribution is -2.07. The third kappa shape index (κ3) is 4.81. The summed E-state index contributed by atoms with van der Waals surface area (Å²) in [4.78, 5) is 19.5. The highest BCUT2D eigenvalue weighted by atomic mass is 35.5. The molecule has 9 nitrogen and oxygen atoms in total. The van der Waals surface area contributed by atoms with Crippen molar-refractivity contribution < 1.29 is 14.3 Å². The lowest BCUT2D eigenvalue weighted by atomic mass is 10.2. The van der Waals surface area contributed by atoms with Crippen LogP contribution in [0.4, 0.5) is 34.4 Å². The molecule has 0 aliphatic rings. The lowest BCUT2D eigenvalue weighted by Gasteiger charge is -2.16. The molecule has 30 heavy (non-hydrogen) atoms. The molecule has 10 heteroatoms. The van der Waals surface area contributed by atoms with Crippen molar-refractivity contribution in [3.63, 3.8) is 0 Å². The first-order valence-electron chi connectivity index (χ1n) is 8.85. The Labute approximate surface area is 178 Å². The van der Waals surface area contributed by atoms with Gasteiger partial charge in [-0.05, 0) is 30.3 Å².